The van der Waals surface area contributed by atoms with Gasteiger partial charge in [0.1, 0.15) is 5.82 Å². The third-order valence-electron chi connectivity index (χ3n) is 4.70. The molecule has 1 aliphatic heterocycles. The van der Waals surface area contributed by atoms with Crippen LogP contribution in [0.5, 0.6) is 0 Å². The smallest absolute Gasteiger partial charge is 0.167 e. The van der Waals surface area contributed by atoms with Crippen LogP contribution in [0.1, 0.15) is 22.7 Å². The number of ether oxygens (including phenoxy) is 1. The molecule has 0 spiro atoms. The van der Waals surface area contributed by atoms with Crippen LogP contribution in [0.4, 0.5) is 4.39 Å². The SMILES string of the molecule is Cc1ccc([C@@H](CN2CCOCC2)NC(=S)NCc2ccc(F)cc2)cc1. The number of hydrogen-bond donors (Lipinski definition) is 2. The Labute approximate surface area is 165 Å². The van der Waals surface area contributed by atoms with Crippen LogP contribution in [0, 0.1) is 12.7 Å². The third-order valence-corrected chi connectivity index (χ3v) is 4.96. The Balaban J connectivity index is 1.61. The van der Waals surface area contributed by atoms with Crippen LogP contribution in [0.25, 0.3) is 0 Å². The van der Waals surface area contributed by atoms with Gasteiger partial charge in [0, 0.05) is 26.2 Å². The van der Waals surface area contributed by atoms with Gasteiger partial charge in [0.15, 0.2) is 5.11 Å². The topological polar surface area (TPSA) is 36.5 Å². The summed E-state index contributed by atoms with van der Waals surface area (Å²) >= 11 is 5.51. The summed E-state index contributed by atoms with van der Waals surface area (Å²) in [6, 6.07) is 15.1. The Morgan fingerprint density at radius 2 is 1.78 bits per heavy atom. The summed E-state index contributed by atoms with van der Waals surface area (Å²) in [6.07, 6.45) is 0. The third kappa shape index (κ3) is 6.27. The molecule has 0 bridgehead atoms. The number of nitrogens with zero attached hydrogens (tertiary/aromatic N) is 1. The molecular formula is C21H26FN3OS. The predicted octanol–water partition coefficient (Wildman–Crippen LogP) is 3.17. The van der Waals surface area contributed by atoms with E-state index in [9.17, 15) is 4.39 Å². The van der Waals surface area contributed by atoms with E-state index in [2.05, 4.69) is 46.7 Å². The minimum absolute atomic E-state index is 0.0944. The minimum atomic E-state index is -0.232. The first-order valence-electron chi connectivity index (χ1n) is 9.25. The van der Waals surface area contributed by atoms with Crippen molar-refractivity contribution in [2.45, 2.75) is 19.5 Å². The number of halogens is 1. The van der Waals surface area contributed by atoms with E-state index < -0.39 is 0 Å². The molecule has 0 aliphatic carbocycles. The average Bonchev–Trinajstić information content (AvgIpc) is 2.68. The molecule has 1 aliphatic rings. The van der Waals surface area contributed by atoms with Crippen LogP contribution in [0.3, 0.4) is 0 Å². The quantitative estimate of drug-likeness (QED) is 0.745. The first kappa shape index (κ1) is 19.7. The number of rotatable bonds is 6. The summed E-state index contributed by atoms with van der Waals surface area (Å²) < 4.78 is 18.5. The van der Waals surface area contributed by atoms with Crippen molar-refractivity contribution >= 4 is 17.3 Å². The van der Waals surface area contributed by atoms with E-state index in [0.717, 1.165) is 38.4 Å². The van der Waals surface area contributed by atoms with Gasteiger partial charge in [0.2, 0.25) is 0 Å². The lowest BCUT2D eigenvalue weighted by Crippen LogP contribution is -2.45. The normalized spacial score (nSPS) is 15.9. The van der Waals surface area contributed by atoms with Crippen LogP contribution in [0.15, 0.2) is 48.5 Å². The predicted molar refractivity (Wildman–Crippen MR) is 110 cm³/mol. The summed E-state index contributed by atoms with van der Waals surface area (Å²) in [4.78, 5) is 2.39. The first-order valence-corrected chi connectivity index (χ1v) is 9.66. The fourth-order valence-corrected chi connectivity index (χ4v) is 3.28. The lowest BCUT2D eigenvalue weighted by Gasteiger charge is -2.31. The molecule has 2 aromatic carbocycles. The zero-order valence-electron chi connectivity index (χ0n) is 15.6. The Kier molecular flexibility index (Phi) is 7.15. The van der Waals surface area contributed by atoms with Crippen molar-refractivity contribution in [3.05, 3.63) is 71.0 Å². The second-order valence-corrected chi connectivity index (χ2v) is 7.24. The number of morpholine rings is 1. The van der Waals surface area contributed by atoms with Crippen molar-refractivity contribution in [2.24, 2.45) is 0 Å². The largest absolute Gasteiger partial charge is 0.379 e. The lowest BCUT2D eigenvalue weighted by atomic mass is 10.0. The van der Waals surface area contributed by atoms with E-state index in [1.165, 1.54) is 23.3 Å². The number of thiocarbonyl (C=S) groups is 1. The van der Waals surface area contributed by atoms with E-state index in [1.807, 2.05) is 0 Å². The van der Waals surface area contributed by atoms with E-state index in [-0.39, 0.29) is 11.9 Å². The van der Waals surface area contributed by atoms with Crippen LogP contribution < -0.4 is 10.6 Å². The van der Waals surface area contributed by atoms with Gasteiger partial charge in [-0.1, -0.05) is 42.0 Å². The van der Waals surface area contributed by atoms with Gasteiger partial charge in [0.05, 0.1) is 19.3 Å². The fourth-order valence-electron chi connectivity index (χ4n) is 3.07. The van der Waals surface area contributed by atoms with Gasteiger partial charge in [-0.05, 0) is 42.4 Å². The zero-order valence-corrected chi connectivity index (χ0v) is 16.4. The van der Waals surface area contributed by atoms with Gasteiger partial charge < -0.3 is 15.4 Å². The van der Waals surface area contributed by atoms with Crippen LogP contribution >= 0.6 is 12.2 Å². The van der Waals surface area contributed by atoms with Crippen molar-refractivity contribution < 1.29 is 9.13 Å². The molecule has 0 radical (unpaired) electrons. The lowest BCUT2D eigenvalue weighted by molar-refractivity contribution is 0.0343. The molecule has 0 amide bonds. The molecule has 1 saturated heterocycles. The van der Waals surface area contributed by atoms with Gasteiger partial charge in [-0.15, -0.1) is 0 Å². The van der Waals surface area contributed by atoms with Gasteiger partial charge in [0.25, 0.3) is 0 Å². The molecule has 2 N–H and O–H groups in total. The molecule has 27 heavy (non-hydrogen) atoms. The molecule has 0 saturated carbocycles. The van der Waals surface area contributed by atoms with E-state index in [4.69, 9.17) is 17.0 Å². The second kappa shape index (κ2) is 9.78. The van der Waals surface area contributed by atoms with Crippen LogP contribution in [0.2, 0.25) is 0 Å². The maximum atomic E-state index is 13.0. The van der Waals surface area contributed by atoms with Gasteiger partial charge in [-0.2, -0.15) is 0 Å². The fraction of sp³-hybridized carbons (Fsp3) is 0.381. The van der Waals surface area contributed by atoms with Crippen molar-refractivity contribution in [1.82, 2.24) is 15.5 Å². The Hall–Kier alpha value is -2.02. The van der Waals surface area contributed by atoms with E-state index in [0.29, 0.717) is 11.7 Å². The van der Waals surface area contributed by atoms with Gasteiger partial charge in [-0.3, -0.25) is 4.90 Å². The van der Waals surface area contributed by atoms with E-state index >= 15 is 0 Å². The highest BCUT2D eigenvalue weighted by molar-refractivity contribution is 7.80. The molecule has 4 nitrogen and oxygen atoms in total. The van der Waals surface area contributed by atoms with E-state index in [1.54, 1.807) is 12.1 Å². The van der Waals surface area contributed by atoms with Crippen LogP contribution in [-0.4, -0.2) is 42.9 Å². The molecule has 1 atom stereocenters. The van der Waals surface area contributed by atoms with Crippen molar-refractivity contribution in [1.29, 1.82) is 0 Å². The number of benzene rings is 2. The molecule has 2 aromatic rings. The summed E-state index contributed by atoms with van der Waals surface area (Å²) in [5, 5.41) is 7.26. The first-order chi connectivity index (χ1) is 13.1. The minimum Gasteiger partial charge on any atom is -0.379 e. The molecular weight excluding hydrogens is 361 g/mol. The van der Waals surface area contributed by atoms with Crippen molar-refractivity contribution in [3.63, 3.8) is 0 Å². The van der Waals surface area contributed by atoms with Gasteiger partial charge >= 0.3 is 0 Å². The number of hydrogen-bond acceptors (Lipinski definition) is 3. The molecule has 1 heterocycles. The molecule has 144 valence electrons. The maximum absolute atomic E-state index is 13.0. The summed E-state index contributed by atoms with van der Waals surface area (Å²) in [6.45, 7) is 6.92. The Morgan fingerprint density at radius 1 is 1.11 bits per heavy atom. The molecule has 0 aromatic heterocycles. The molecule has 3 rings (SSSR count). The molecule has 1 fully saturated rings. The molecule has 6 heteroatoms. The Bertz CT molecular complexity index is 730. The second-order valence-electron chi connectivity index (χ2n) is 6.83. The number of aryl methyl sites for hydroxylation is 1. The van der Waals surface area contributed by atoms with Crippen molar-refractivity contribution in [3.8, 4) is 0 Å². The maximum Gasteiger partial charge on any atom is 0.167 e. The van der Waals surface area contributed by atoms with Crippen molar-refractivity contribution in [2.75, 3.05) is 32.8 Å². The highest BCUT2D eigenvalue weighted by atomic mass is 32.1. The van der Waals surface area contributed by atoms with Crippen LogP contribution in [-0.2, 0) is 11.3 Å². The summed E-state index contributed by atoms with van der Waals surface area (Å²) in [7, 11) is 0. The monoisotopic (exact) mass is 387 g/mol. The van der Waals surface area contributed by atoms with Gasteiger partial charge in [-0.25, -0.2) is 4.39 Å². The number of nitrogens with one attached hydrogen (secondary N) is 2. The Morgan fingerprint density at radius 3 is 2.44 bits per heavy atom. The molecule has 0 unspecified atom stereocenters. The zero-order chi connectivity index (χ0) is 19.1. The highest BCUT2D eigenvalue weighted by Gasteiger charge is 2.19. The average molecular weight is 388 g/mol. The summed E-state index contributed by atoms with van der Waals surface area (Å²) in [5.41, 5.74) is 3.43. The highest BCUT2D eigenvalue weighted by Crippen LogP contribution is 2.16. The standard InChI is InChI=1S/C21H26FN3OS/c1-16-2-6-18(7-3-16)20(15-25-10-12-26-13-11-25)24-21(27)23-14-17-4-8-19(22)9-5-17/h2-9,20H,10-15H2,1H3,(H2,23,24,27)/t20-/m1/s1. The summed E-state index contributed by atoms with van der Waals surface area (Å²) in [5.74, 6) is -0.232.